The van der Waals surface area contributed by atoms with E-state index >= 15 is 0 Å². The van der Waals surface area contributed by atoms with Crippen LogP contribution in [0, 0.1) is 17.0 Å². The number of aryl methyl sites for hydroxylation is 2. The minimum Gasteiger partial charge on any atom is -0.494 e. The number of nitro benzene ring substituents is 1. The third kappa shape index (κ3) is 4.49. The highest BCUT2D eigenvalue weighted by Crippen LogP contribution is 2.30. The summed E-state index contributed by atoms with van der Waals surface area (Å²) in [7, 11) is 1.31. The number of esters is 1. The number of aromatic nitrogens is 2. The molecule has 12 heteroatoms. The largest absolute Gasteiger partial charge is 0.494 e. The van der Waals surface area contributed by atoms with Crippen molar-refractivity contribution in [1.82, 2.24) is 9.55 Å². The monoisotopic (exact) mass is 486 g/mol. The summed E-state index contributed by atoms with van der Waals surface area (Å²) in [6.45, 7) is 1.69. The van der Waals surface area contributed by atoms with Gasteiger partial charge in [-0.15, -0.1) is 11.3 Å². The molecule has 0 aliphatic carbocycles. The van der Waals surface area contributed by atoms with Gasteiger partial charge in [0.1, 0.15) is 21.3 Å². The van der Waals surface area contributed by atoms with Crippen molar-refractivity contribution in [2.45, 2.75) is 39.2 Å². The first-order chi connectivity index (χ1) is 16.3. The van der Waals surface area contributed by atoms with Gasteiger partial charge in [0, 0.05) is 19.0 Å². The number of benzene rings is 1. The summed E-state index contributed by atoms with van der Waals surface area (Å²) in [4.78, 5) is 53.7. The smallest absolute Gasteiger partial charge is 0.349 e. The summed E-state index contributed by atoms with van der Waals surface area (Å²) < 4.78 is 11.9. The number of fused-ring (bicyclic) bond motifs is 2. The van der Waals surface area contributed by atoms with Crippen molar-refractivity contribution in [3.63, 3.8) is 0 Å². The number of rotatable bonds is 6. The number of anilines is 1. The predicted molar refractivity (Wildman–Crippen MR) is 125 cm³/mol. The first-order valence-corrected chi connectivity index (χ1v) is 11.4. The van der Waals surface area contributed by atoms with E-state index in [-0.39, 0.29) is 27.6 Å². The van der Waals surface area contributed by atoms with Crippen LogP contribution in [0.5, 0.6) is 5.75 Å². The van der Waals surface area contributed by atoms with Gasteiger partial charge in [-0.3, -0.25) is 24.3 Å². The van der Waals surface area contributed by atoms with E-state index in [4.69, 9.17) is 9.47 Å². The van der Waals surface area contributed by atoms with Crippen molar-refractivity contribution in [3.05, 3.63) is 54.9 Å². The molecule has 1 amide bonds. The second-order valence-electron chi connectivity index (χ2n) is 7.80. The van der Waals surface area contributed by atoms with Crippen LogP contribution in [-0.2, 0) is 22.5 Å². The van der Waals surface area contributed by atoms with Crippen LogP contribution < -0.4 is 15.6 Å². The zero-order valence-corrected chi connectivity index (χ0v) is 19.4. The van der Waals surface area contributed by atoms with Gasteiger partial charge in [-0.2, -0.15) is 0 Å². The maximum atomic E-state index is 13.0. The quantitative estimate of drug-likeness (QED) is 0.318. The summed E-state index contributed by atoms with van der Waals surface area (Å²) in [6, 6.07) is 3.73. The Morgan fingerprint density at radius 2 is 2.09 bits per heavy atom. The SMILES string of the molecule is COc1cc([N+](=O)[O-])ccc1NC(=O)COC(=O)c1sc2nc3n(c(=O)c2c1C)CCCCC3. The lowest BCUT2D eigenvalue weighted by atomic mass is 10.2. The van der Waals surface area contributed by atoms with Gasteiger partial charge in [0.15, 0.2) is 6.61 Å². The number of non-ortho nitro benzene ring substituents is 1. The zero-order valence-electron chi connectivity index (χ0n) is 18.6. The number of nitrogens with zero attached hydrogens (tertiary/aromatic N) is 3. The fourth-order valence-corrected chi connectivity index (χ4v) is 4.97. The Morgan fingerprint density at radius 1 is 1.29 bits per heavy atom. The Hall–Kier alpha value is -3.80. The topological polar surface area (TPSA) is 143 Å². The minimum absolute atomic E-state index is 0.0977. The van der Waals surface area contributed by atoms with Crippen molar-refractivity contribution in [2.75, 3.05) is 19.0 Å². The molecule has 0 saturated carbocycles. The standard InChI is InChI=1S/C22H22N4O7S/c1-12-18-20(24-16-6-4-3-5-9-25(16)21(18)28)34-19(12)22(29)33-11-17(27)23-14-8-7-13(26(30)31)10-15(14)32-2/h7-8,10H,3-6,9,11H2,1-2H3,(H,23,27). The van der Waals surface area contributed by atoms with Gasteiger partial charge in [-0.05, 0) is 31.4 Å². The molecule has 34 heavy (non-hydrogen) atoms. The van der Waals surface area contributed by atoms with Gasteiger partial charge >= 0.3 is 5.97 Å². The molecule has 3 heterocycles. The van der Waals surface area contributed by atoms with Gasteiger partial charge in [-0.1, -0.05) is 6.42 Å². The van der Waals surface area contributed by atoms with Crippen LogP contribution >= 0.6 is 11.3 Å². The van der Waals surface area contributed by atoms with E-state index in [1.54, 1.807) is 11.5 Å². The third-order valence-corrected chi connectivity index (χ3v) is 6.77. The highest BCUT2D eigenvalue weighted by molar-refractivity contribution is 7.20. The molecule has 11 nitrogen and oxygen atoms in total. The van der Waals surface area contributed by atoms with Crippen molar-refractivity contribution in [3.8, 4) is 5.75 Å². The molecule has 0 bridgehead atoms. The Morgan fingerprint density at radius 3 is 2.82 bits per heavy atom. The Kier molecular flexibility index (Phi) is 6.59. The van der Waals surface area contributed by atoms with Gasteiger partial charge in [0.25, 0.3) is 17.2 Å². The molecule has 0 spiro atoms. The van der Waals surface area contributed by atoms with Crippen LogP contribution in [0.4, 0.5) is 11.4 Å². The second-order valence-corrected chi connectivity index (χ2v) is 8.80. The molecule has 178 valence electrons. The van der Waals surface area contributed by atoms with Gasteiger partial charge in [-0.25, -0.2) is 9.78 Å². The number of nitro groups is 1. The van der Waals surface area contributed by atoms with Gasteiger partial charge < -0.3 is 14.8 Å². The van der Waals surface area contributed by atoms with E-state index in [0.29, 0.717) is 28.7 Å². The fourth-order valence-electron chi connectivity index (χ4n) is 3.88. The number of amides is 1. The van der Waals surface area contributed by atoms with E-state index in [0.717, 1.165) is 36.4 Å². The maximum Gasteiger partial charge on any atom is 0.349 e. The maximum absolute atomic E-state index is 13.0. The summed E-state index contributed by atoms with van der Waals surface area (Å²) in [6.07, 6.45) is 3.63. The van der Waals surface area contributed by atoms with Crippen molar-refractivity contribution < 1.29 is 24.0 Å². The normalized spacial score (nSPS) is 13.1. The van der Waals surface area contributed by atoms with Gasteiger partial charge in [0.2, 0.25) is 0 Å². The van der Waals surface area contributed by atoms with Crippen molar-refractivity contribution in [1.29, 1.82) is 0 Å². The number of carbonyl (C=O) groups excluding carboxylic acids is 2. The average molecular weight is 487 g/mol. The number of nitrogens with one attached hydrogen (secondary N) is 1. The van der Waals surface area contributed by atoms with Crippen molar-refractivity contribution in [2.24, 2.45) is 0 Å². The van der Waals surface area contributed by atoms with Crippen LogP contribution in [0.3, 0.4) is 0 Å². The summed E-state index contributed by atoms with van der Waals surface area (Å²) in [5.74, 6) is -0.553. The minimum atomic E-state index is -0.731. The Labute approximate surface area is 197 Å². The Bertz CT molecular complexity index is 1360. The van der Waals surface area contributed by atoms with E-state index in [2.05, 4.69) is 10.3 Å². The van der Waals surface area contributed by atoms with Crippen LogP contribution in [0.2, 0.25) is 0 Å². The van der Waals surface area contributed by atoms with Crippen LogP contribution in [-0.4, -0.2) is 40.1 Å². The van der Waals surface area contributed by atoms with E-state index < -0.39 is 23.4 Å². The molecule has 1 N–H and O–H groups in total. The highest BCUT2D eigenvalue weighted by atomic mass is 32.1. The molecule has 0 unspecified atom stereocenters. The number of carbonyl (C=O) groups is 2. The summed E-state index contributed by atoms with van der Waals surface area (Å²) >= 11 is 1.08. The molecule has 4 rings (SSSR count). The molecule has 0 radical (unpaired) electrons. The third-order valence-electron chi connectivity index (χ3n) is 5.60. The van der Waals surface area contributed by atoms with E-state index in [1.165, 1.54) is 25.3 Å². The van der Waals surface area contributed by atoms with Gasteiger partial charge in [0.05, 0.1) is 29.2 Å². The molecule has 3 aromatic rings. The molecule has 1 aliphatic rings. The molecule has 0 fully saturated rings. The average Bonchev–Trinajstić information content (AvgIpc) is 2.98. The second kappa shape index (κ2) is 9.59. The fraction of sp³-hybridized carbons (Fsp3) is 0.364. The highest BCUT2D eigenvalue weighted by Gasteiger charge is 2.24. The molecular weight excluding hydrogens is 464 g/mol. The van der Waals surface area contributed by atoms with Crippen molar-refractivity contribution >= 4 is 44.8 Å². The molecule has 2 aromatic heterocycles. The van der Waals surface area contributed by atoms with E-state index in [1.807, 2.05) is 0 Å². The van der Waals surface area contributed by atoms with Crippen LogP contribution in [0.25, 0.3) is 10.2 Å². The van der Waals surface area contributed by atoms with Crippen LogP contribution in [0.1, 0.15) is 40.3 Å². The number of ether oxygens (including phenoxy) is 2. The predicted octanol–water partition coefficient (Wildman–Crippen LogP) is 3.21. The molecule has 1 aromatic carbocycles. The Balaban J connectivity index is 1.49. The van der Waals surface area contributed by atoms with E-state index in [9.17, 15) is 24.5 Å². The lowest BCUT2D eigenvalue weighted by molar-refractivity contribution is -0.384. The lowest BCUT2D eigenvalue weighted by Crippen LogP contribution is -2.24. The molecule has 0 atom stereocenters. The number of thiophene rings is 1. The van der Waals surface area contributed by atoms with Crippen LogP contribution in [0.15, 0.2) is 23.0 Å². The first-order valence-electron chi connectivity index (χ1n) is 10.6. The molecular formula is C22H22N4O7S. The number of hydrogen-bond acceptors (Lipinski definition) is 9. The first kappa shape index (κ1) is 23.4. The number of methoxy groups -OCH3 is 1. The summed E-state index contributed by atoms with van der Waals surface area (Å²) in [5.41, 5.74) is 0.339. The lowest BCUT2D eigenvalue weighted by Gasteiger charge is -2.10. The molecule has 0 saturated heterocycles. The number of hydrogen-bond donors (Lipinski definition) is 1. The summed E-state index contributed by atoms with van der Waals surface area (Å²) in [5, 5.41) is 13.8. The molecule has 1 aliphatic heterocycles. The zero-order chi connectivity index (χ0) is 24.4.